The number of aliphatic carboxylic acids is 1. The van der Waals surface area contributed by atoms with Crippen LogP contribution in [0, 0.1) is 0 Å². The maximum absolute atomic E-state index is 14.3. The number of ether oxygens (including phenoxy) is 4. The fourth-order valence-corrected chi connectivity index (χ4v) is 2.05. The van der Waals surface area contributed by atoms with E-state index in [2.05, 4.69) is 11.6 Å². The Balaban J connectivity index is 7.54. The molecule has 0 aliphatic heterocycles. The molecule has 6 nitrogen and oxygen atoms in total. The van der Waals surface area contributed by atoms with Gasteiger partial charge >= 0.3 is 83.9 Å². The minimum atomic E-state index is -9.06. The molecule has 0 aromatic carbocycles. The zero-order chi connectivity index (χ0) is 38.9. The number of hydrogen-bond acceptors (Lipinski definition) is 5. The van der Waals surface area contributed by atoms with Gasteiger partial charge in [0.25, 0.3) is 0 Å². The summed E-state index contributed by atoms with van der Waals surface area (Å²) in [6.07, 6.45) is -74.6. The smallest absolute Gasteiger partial charge is 0.460 e. The number of carboxylic acids is 1. The summed E-state index contributed by atoms with van der Waals surface area (Å²) in [6.45, 7) is 0. The molecule has 0 aliphatic carbocycles. The molecular weight excluding hydrogens is 794 g/mol. The number of carboxylic acid groups (broad SMARTS) is 1. The zero-order valence-corrected chi connectivity index (χ0v) is 20.4. The first-order chi connectivity index (χ1) is 19.8. The van der Waals surface area contributed by atoms with Crippen LogP contribution in [0.2, 0.25) is 0 Å². The Labute approximate surface area is 240 Å². The van der Waals surface area contributed by atoms with Crippen LogP contribution in [0.15, 0.2) is 0 Å². The molecule has 0 aromatic heterocycles. The van der Waals surface area contributed by atoms with Gasteiger partial charge in [0.05, 0.1) is 0 Å². The third-order valence-corrected chi connectivity index (χ3v) is 4.68. The van der Waals surface area contributed by atoms with Crippen molar-refractivity contribution in [2.45, 2.75) is 77.9 Å². The van der Waals surface area contributed by atoms with Crippen LogP contribution in [0.25, 0.3) is 0 Å². The molecule has 282 valence electrons. The Bertz CT molecular complexity index is 1140. The molecule has 0 saturated heterocycles. The lowest BCUT2D eigenvalue weighted by atomic mass is 10.2. The predicted octanol–water partition coefficient (Wildman–Crippen LogP) is 8.25. The van der Waals surface area contributed by atoms with Crippen molar-refractivity contribution < 1.29 is 143 Å². The topological polar surface area (TPSA) is 74.2 Å². The predicted molar refractivity (Wildman–Crippen MR) is 82.1 cm³/mol. The summed E-state index contributed by atoms with van der Waals surface area (Å²) in [7, 11) is 0. The number of alkyl halides is 27. The fraction of sp³-hybridized carbons (Fsp3) is 0.929. The lowest BCUT2D eigenvalue weighted by molar-refractivity contribution is -0.588. The van der Waals surface area contributed by atoms with Crippen molar-refractivity contribution in [2.75, 3.05) is 0 Å². The van der Waals surface area contributed by atoms with E-state index in [4.69, 9.17) is 5.11 Å². The van der Waals surface area contributed by atoms with Crippen LogP contribution in [0.1, 0.15) is 0 Å². The Morgan fingerprint density at radius 3 is 0.787 bits per heavy atom. The number of carbonyl (C=O) groups is 1. The molecule has 47 heavy (non-hydrogen) atoms. The monoisotopic (exact) mass is 794 g/mol. The van der Waals surface area contributed by atoms with Gasteiger partial charge in [-0.05, 0) is 0 Å². The van der Waals surface area contributed by atoms with Crippen LogP contribution in [0.5, 0.6) is 0 Å². The first kappa shape index (κ1) is 44.8. The average Bonchev–Trinajstić information content (AvgIpc) is 2.73. The van der Waals surface area contributed by atoms with E-state index < -0.39 is 83.9 Å². The van der Waals surface area contributed by atoms with E-state index in [1.54, 1.807) is 0 Å². The summed E-state index contributed by atoms with van der Waals surface area (Å²) in [4.78, 5) is 10.00. The van der Waals surface area contributed by atoms with Crippen LogP contribution in [-0.4, -0.2) is 89.0 Å². The maximum atomic E-state index is 14.3. The molecule has 0 rings (SSSR count). The Morgan fingerprint density at radius 1 is 0.383 bits per heavy atom. The van der Waals surface area contributed by atoms with Crippen LogP contribution in [-0.2, 0) is 23.7 Å². The minimum absolute atomic E-state index is 0.939. The molecule has 0 saturated carbocycles. The minimum Gasteiger partial charge on any atom is -0.475 e. The van der Waals surface area contributed by atoms with E-state index in [1.807, 2.05) is 0 Å². The molecule has 0 fully saturated rings. The van der Waals surface area contributed by atoms with Crippen molar-refractivity contribution in [1.82, 2.24) is 0 Å². The van der Waals surface area contributed by atoms with Gasteiger partial charge in [0.2, 0.25) is 0 Å². The summed E-state index contributed by atoms with van der Waals surface area (Å²) in [5.74, 6) is -30.7. The van der Waals surface area contributed by atoms with Gasteiger partial charge in [-0.15, -0.1) is 0 Å². The molecule has 0 radical (unpaired) electrons. The summed E-state index contributed by atoms with van der Waals surface area (Å²) >= 11 is 3.41. The van der Waals surface area contributed by atoms with Crippen molar-refractivity contribution >= 4 is 17.6 Å². The third kappa shape index (κ3) is 7.68. The van der Waals surface area contributed by atoms with Gasteiger partial charge in [0, 0.05) is 0 Å². The Kier molecular flexibility index (Phi) is 11.1. The van der Waals surface area contributed by atoms with Gasteiger partial charge < -0.3 is 5.11 Å². The molecule has 1 N–H and O–H groups in total. The Morgan fingerprint density at radius 2 is 0.596 bits per heavy atom. The van der Waals surface area contributed by atoms with E-state index in [9.17, 15) is 119 Å². The van der Waals surface area contributed by atoms with Crippen LogP contribution in [0.3, 0.4) is 0 Å². The molecule has 0 amide bonds. The highest BCUT2D eigenvalue weighted by atomic mass is 35.5. The van der Waals surface area contributed by atoms with E-state index in [-0.39, 0.29) is 0 Å². The van der Waals surface area contributed by atoms with Crippen LogP contribution < -0.4 is 0 Å². The first-order valence-electron chi connectivity index (χ1n) is 9.41. The lowest BCUT2D eigenvalue weighted by Gasteiger charge is -2.43. The van der Waals surface area contributed by atoms with Crippen molar-refractivity contribution in [2.24, 2.45) is 0 Å². The highest BCUT2D eigenvalue weighted by Crippen LogP contribution is 2.61. The molecule has 0 aliphatic rings. The largest absolute Gasteiger partial charge is 0.475 e. The van der Waals surface area contributed by atoms with E-state index in [1.165, 1.54) is 4.74 Å². The van der Waals surface area contributed by atoms with Crippen molar-refractivity contribution in [3.05, 3.63) is 0 Å². The lowest BCUT2D eigenvalue weighted by Crippen LogP contribution is -2.71. The molecule has 0 bridgehead atoms. The highest BCUT2D eigenvalue weighted by molar-refractivity contribution is 6.24. The normalized spacial score (nSPS) is 20.6. The summed E-state index contributed by atoms with van der Waals surface area (Å²) in [5, 5.41) is 0.391. The molecule has 0 spiro atoms. The quantitative estimate of drug-likeness (QED) is 0.150. The fourth-order valence-electron chi connectivity index (χ4n) is 2.01. The van der Waals surface area contributed by atoms with Gasteiger partial charge in [-0.25, -0.2) is 13.9 Å². The SMILES string of the molecule is O=C(O)C(F)(F)OC(F)(F)C(F)(OC(F)(F)C(F)(OC(F)(F)C(F)(OC(F)(F)C(F)(Cl)C(F)(F)F)C(F)(F)F)C(F)(F)F)C(F)(F)F. The Hall–Kier alpha value is -2.22. The first-order valence-corrected chi connectivity index (χ1v) is 9.79. The van der Waals surface area contributed by atoms with Gasteiger partial charge in [0.15, 0.2) is 0 Å². The maximum Gasteiger partial charge on any atom is 0.460 e. The zero-order valence-electron chi connectivity index (χ0n) is 19.7. The number of hydrogen-bond donors (Lipinski definition) is 1. The molecule has 4 unspecified atom stereocenters. The van der Waals surface area contributed by atoms with Gasteiger partial charge in [-0.1, -0.05) is 11.6 Å². The van der Waals surface area contributed by atoms with Crippen molar-refractivity contribution in [3.8, 4) is 0 Å². The van der Waals surface area contributed by atoms with Gasteiger partial charge in [0.1, 0.15) is 0 Å². The van der Waals surface area contributed by atoms with Gasteiger partial charge in [-0.3, -0.25) is 14.2 Å². The van der Waals surface area contributed by atoms with E-state index in [0.29, 0.717) is 0 Å². The van der Waals surface area contributed by atoms with Crippen molar-refractivity contribution in [3.63, 3.8) is 0 Å². The van der Waals surface area contributed by atoms with E-state index in [0.717, 1.165) is 14.2 Å². The molecule has 0 aromatic rings. The van der Waals surface area contributed by atoms with Crippen molar-refractivity contribution in [1.29, 1.82) is 0 Å². The van der Waals surface area contributed by atoms with Crippen LogP contribution in [0.4, 0.5) is 114 Å². The number of rotatable bonds is 13. The number of halogens is 27. The third-order valence-electron chi connectivity index (χ3n) is 4.25. The standard InChI is InChI=1S/C14HClF26O6/c15-3(18,7(22,23)24)11(34,35)45-5(20,9(28,29)30)13(38,39)47-6(21,10(31,32)33)14(40,41)46-4(19,8(25,26)27)12(36,37)44-2(16,17)1(42)43/h(H,42,43). The molecular formula is C14HClF26O6. The summed E-state index contributed by atoms with van der Waals surface area (Å²) in [5.41, 5.74) is 0. The average molecular weight is 795 g/mol. The molecule has 4 atom stereocenters. The van der Waals surface area contributed by atoms with Gasteiger partial charge in [-0.2, -0.15) is 110 Å². The molecule has 33 heteroatoms. The summed E-state index contributed by atoms with van der Waals surface area (Å²) < 4.78 is 349. The van der Waals surface area contributed by atoms with E-state index >= 15 is 0 Å². The second kappa shape index (κ2) is 11.7. The van der Waals surface area contributed by atoms with Crippen LogP contribution >= 0.6 is 11.6 Å². The molecule has 0 heterocycles. The highest BCUT2D eigenvalue weighted by Gasteiger charge is 2.89. The second-order valence-corrected chi connectivity index (χ2v) is 8.17. The summed E-state index contributed by atoms with van der Waals surface area (Å²) in [6, 6.07) is 0. The second-order valence-electron chi connectivity index (χ2n) is 7.65.